The lowest BCUT2D eigenvalue weighted by molar-refractivity contribution is 0.145. The van der Waals surface area contributed by atoms with Crippen molar-refractivity contribution in [3.63, 3.8) is 0 Å². The van der Waals surface area contributed by atoms with Crippen molar-refractivity contribution in [3.8, 4) is 0 Å². The molecule has 0 saturated heterocycles. The maximum Gasteiger partial charge on any atom is 0.325 e. The van der Waals surface area contributed by atoms with E-state index >= 15 is 0 Å². The normalized spacial score (nSPS) is 12.8. The van der Waals surface area contributed by atoms with Gasteiger partial charge in [0.1, 0.15) is 0 Å². The molecule has 0 aliphatic heterocycles. The van der Waals surface area contributed by atoms with E-state index in [0.29, 0.717) is 16.1 Å². The van der Waals surface area contributed by atoms with Crippen LogP contribution < -0.4 is 11.2 Å². The summed E-state index contributed by atoms with van der Waals surface area (Å²) in [5, 5.41) is 11.1. The number of H-pyrrole nitrogens is 2. The number of aromatic amines is 2. The van der Waals surface area contributed by atoms with E-state index in [2.05, 4.69) is 4.98 Å². The number of aromatic nitrogens is 2. The Morgan fingerprint density at radius 2 is 1.77 bits per heavy atom. The smallest absolute Gasteiger partial charge is 0.325 e. The number of aryl methyl sites for hydroxylation is 1. The van der Waals surface area contributed by atoms with Crippen LogP contribution in [-0.2, 0) is 16.6 Å². The van der Waals surface area contributed by atoms with Gasteiger partial charge < -0.3 is 10.1 Å². The fourth-order valence-electron chi connectivity index (χ4n) is 3.08. The second kappa shape index (κ2) is 8.97. The van der Waals surface area contributed by atoms with Crippen molar-refractivity contribution in [2.45, 2.75) is 24.5 Å². The maximum absolute atomic E-state index is 13.4. The Kier molecular flexibility index (Phi) is 6.57. The molecule has 158 valence electrons. The van der Waals surface area contributed by atoms with Crippen LogP contribution in [0.4, 0.5) is 0 Å². The summed E-state index contributed by atoms with van der Waals surface area (Å²) in [6.07, 6.45) is -1.19. The molecule has 0 aliphatic rings. The molecule has 0 fully saturated rings. The Hall–Kier alpha value is -2.72. The zero-order chi connectivity index (χ0) is 21.9. The summed E-state index contributed by atoms with van der Waals surface area (Å²) in [5.74, 6) is 0. The van der Waals surface area contributed by atoms with Crippen LogP contribution in [0.2, 0.25) is 5.02 Å². The molecule has 3 N–H and O–H groups in total. The molecule has 0 bridgehead atoms. The predicted octanol–water partition coefficient (Wildman–Crippen LogP) is 1.95. The van der Waals surface area contributed by atoms with Crippen LogP contribution >= 0.6 is 11.6 Å². The van der Waals surface area contributed by atoms with E-state index in [1.54, 1.807) is 48.5 Å². The molecule has 0 saturated carbocycles. The standard InChI is InChI=1S/C20H20ClN3O5S/c1-13-18(19(26)23-20(27)22-13)30(28,29)24(11-14-6-3-2-4-7-14)12-17(25)15-8-5-9-16(21)10-15/h2-10,17,25H,11-12H2,1H3,(H2,22,23,26,27). The Bertz CT molecular complexity index is 1260. The summed E-state index contributed by atoms with van der Waals surface area (Å²) in [5.41, 5.74) is -0.809. The van der Waals surface area contributed by atoms with Gasteiger partial charge in [0, 0.05) is 23.8 Å². The zero-order valence-electron chi connectivity index (χ0n) is 16.0. The van der Waals surface area contributed by atoms with Crippen molar-refractivity contribution in [3.05, 3.63) is 97.3 Å². The first kappa shape index (κ1) is 22.0. The SMILES string of the molecule is Cc1[nH]c(=O)[nH]c(=O)c1S(=O)(=O)N(Cc1ccccc1)CC(O)c1cccc(Cl)c1. The van der Waals surface area contributed by atoms with Crippen molar-refractivity contribution in [2.24, 2.45) is 0 Å². The highest BCUT2D eigenvalue weighted by molar-refractivity contribution is 7.89. The molecule has 8 nitrogen and oxygen atoms in total. The van der Waals surface area contributed by atoms with Gasteiger partial charge in [0.15, 0.2) is 4.90 Å². The Morgan fingerprint density at radius 1 is 1.07 bits per heavy atom. The molecule has 0 spiro atoms. The largest absolute Gasteiger partial charge is 0.387 e. The zero-order valence-corrected chi connectivity index (χ0v) is 17.6. The number of sulfonamides is 1. The third kappa shape index (κ3) is 4.88. The van der Waals surface area contributed by atoms with Gasteiger partial charge in [0.2, 0.25) is 0 Å². The van der Waals surface area contributed by atoms with E-state index in [-0.39, 0.29) is 18.8 Å². The first-order valence-corrected chi connectivity index (χ1v) is 10.8. The number of aliphatic hydroxyl groups excluding tert-OH is 1. The number of benzene rings is 2. The van der Waals surface area contributed by atoms with Gasteiger partial charge in [-0.25, -0.2) is 13.2 Å². The highest BCUT2D eigenvalue weighted by Crippen LogP contribution is 2.23. The second-order valence-electron chi connectivity index (χ2n) is 6.72. The molecule has 0 amide bonds. The fraction of sp³-hybridized carbons (Fsp3) is 0.200. The molecular formula is C20H20ClN3O5S. The summed E-state index contributed by atoms with van der Waals surface area (Å²) in [7, 11) is -4.36. The van der Waals surface area contributed by atoms with Crippen LogP contribution in [0.15, 0.2) is 69.1 Å². The van der Waals surface area contributed by atoms with Crippen LogP contribution in [-0.4, -0.2) is 34.3 Å². The van der Waals surface area contributed by atoms with Gasteiger partial charge >= 0.3 is 5.69 Å². The average Bonchev–Trinajstić information content (AvgIpc) is 2.67. The number of nitrogens with one attached hydrogen (secondary N) is 2. The van der Waals surface area contributed by atoms with Crippen molar-refractivity contribution >= 4 is 21.6 Å². The molecule has 1 heterocycles. The highest BCUT2D eigenvalue weighted by atomic mass is 35.5. The summed E-state index contributed by atoms with van der Waals surface area (Å²) in [6, 6.07) is 15.2. The maximum atomic E-state index is 13.4. The lowest BCUT2D eigenvalue weighted by atomic mass is 10.1. The number of hydrogen-bond donors (Lipinski definition) is 3. The van der Waals surface area contributed by atoms with E-state index in [0.717, 1.165) is 4.31 Å². The fourth-order valence-corrected chi connectivity index (χ4v) is 4.91. The van der Waals surface area contributed by atoms with Crippen molar-refractivity contribution in [2.75, 3.05) is 6.54 Å². The van der Waals surface area contributed by atoms with Crippen LogP contribution in [0, 0.1) is 6.92 Å². The molecule has 30 heavy (non-hydrogen) atoms. The van der Waals surface area contributed by atoms with Crippen LogP contribution in [0.3, 0.4) is 0 Å². The highest BCUT2D eigenvalue weighted by Gasteiger charge is 2.31. The Balaban J connectivity index is 2.05. The second-order valence-corrected chi connectivity index (χ2v) is 9.03. The number of hydrogen-bond acceptors (Lipinski definition) is 5. The third-order valence-corrected chi connectivity index (χ3v) is 6.69. The van der Waals surface area contributed by atoms with Crippen LogP contribution in [0.5, 0.6) is 0 Å². The Labute approximate surface area is 177 Å². The molecule has 3 rings (SSSR count). The van der Waals surface area contributed by atoms with E-state index in [1.165, 1.54) is 13.0 Å². The summed E-state index contributed by atoms with van der Waals surface area (Å²) < 4.78 is 27.7. The van der Waals surface area contributed by atoms with Gasteiger partial charge in [-0.1, -0.05) is 54.1 Å². The molecule has 0 aliphatic carbocycles. The van der Waals surface area contributed by atoms with Gasteiger partial charge in [-0.2, -0.15) is 4.31 Å². The minimum absolute atomic E-state index is 0.0842. The van der Waals surface area contributed by atoms with Crippen LogP contribution in [0.1, 0.15) is 22.9 Å². The minimum Gasteiger partial charge on any atom is -0.387 e. The van der Waals surface area contributed by atoms with Gasteiger partial charge in [-0.15, -0.1) is 0 Å². The van der Waals surface area contributed by atoms with Crippen molar-refractivity contribution < 1.29 is 13.5 Å². The van der Waals surface area contributed by atoms with E-state index in [9.17, 15) is 23.1 Å². The van der Waals surface area contributed by atoms with Crippen LogP contribution in [0.25, 0.3) is 0 Å². The van der Waals surface area contributed by atoms with Gasteiger partial charge in [-0.3, -0.25) is 9.78 Å². The lowest BCUT2D eigenvalue weighted by Crippen LogP contribution is -2.39. The summed E-state index contributed by atoms with van der Waals surface area (Å²) in [4.78, 5) is 27.4. The molecule has 1 aromatic heterocycles. The van der Waals surface area contributed by atoms with E-state index < -0.39 is 32.3 Å². The number of aliphatic hydroxyl groups is 1. The average molecular weight is 450 g/mol. The summed E-state index contributed by atoms with van der Waals surface area (Å²) in [6.45, 7) is 0.923. The minimum atomic E-state index is -4.36. The van der Waals surface area contributed by atoms with E-state index in [1.807, 2.05) is 4.98 Å². The van der Waals surface area contributed by atoms with Gasteiger partial charge in [0.25, 0.3) is 15.6 Å². The number of halogens is 1. The molecule has 10 heteroatoms. The quantitative estimate of drug-likeness (QED) is 0.508. The number of nitrogens with zero attached hydrogens (tertiary/aromatic N) is 1. The van der Waals surface area contributed by atoms with E-state index in [4.69, 9.17) is 11.6 Å². The molecule has 3 aromatic rings. The molecular weight excluding hydrogens is 430 g/mol. The molecule has 0 radical (unpaired) electrons. The topological polar surface area (TPSA) is 123 Å². The predicted molar refractivity (Wildman–Crippen MR) is 113 cm³/mol. The Morgan fingerprint density at radius 3 is 2.40 bits per heavy atom. The lowest BCUT2D eigenvalue weighted by Gasteiger charge is -2.25. The number of rotatable bonds is 7. The molecule has 1 unspecified atom stereocenters. The monoisotopic (exact) mass is 449 g/mol. The first-order chi connectivity index (χ1) is 14.2. The van der Waals surface area contributed by atoms with Gasteiger partial charge in [0.05, 0.1) is 6.10 Å². The third-order valence-electron chi connectivity index (χ3n) is 4.48. The first-order valence-electron chi connectivity index (χ1n) is 8.99. The van der Waals surface area contributed by atoms with Gasteiger partial charge in [-0.05, 0) is 30.2 Å². The summed E-state index contributed by atoms with van der Waals surface area (Å²) >= 11 is 5.98. The molecule has 2 aromatic carbocycles. The molecule has 1 atom stereocenters. The van der Waals surface area contributed by atoms with Crippen molar-refractivity contribution in [1.82, 2.24) is 14.3 Å². The van der Waals surface area contributed by atoms with Crippen molar-refractivity contribution in [1.29, 1.82) is 0 Å².